The summed E-state index contributed by atoms with van der Waals surface area (Å²) in [6, 6.07) is 15.0. The van der Waals surface area contributed by atoms with Gasteiger partial charge in [-0.25, -0.2) is 8.42 Å². The molecule has 1 amide bonds. The molecular formula is C21H28N3O3S+. The van der Waals surface area contributed by atoms with E-state index in [0.717, 1.165) is 21.6 Å². The number of piperazine rings is 1. The zero-order valence-corrected chi connectivity index (χ0v) is 17.3. The van der Waals surface area contributed by atoms with Gasteiger partial charge in [0, 0.05) is 6.54 Å². The highest BCUT2D eigenvalue weighted by Gasteiger charge is 2.31. The summed E-state index contributed by atoms with van der Waals surface area (Å²) < 4.78 is 27.3. The van der Waals surface area contributed by atoms with Crippen LogP contribution >= 0.6 is 0 Å². The summed E-state index contributed by atoms with van der Waals surface area (Å²) in [5.74, 6) is -0.00989. The van der Waals surface area contributed by atoms with E-state index in [2.05, 4.69) is 5.32 Å². The number of carbonyl (C=O) groups excluding carboxylic acids is 1. The van der Waals surface area contributed by atoms with Crippen molar-refractivity contribution in [3.05, 3.63) is 65.2 Å². The number of hydrogen-bond acceptors (Lipinski definition) is 3. The molecule has 1 saturated heterocycles. The van der Waals surface area contributed by atoms with E-state index < -0.39 is 10.0 Å². The second kappa shape index (κ2) is 8.86. The SMILES string of the molecule is Cc1ccc(S(=O)(=O)N2CC[NH+](CC(=O)NCc3ccccc3)CC2)cc1C. The van der Waals surface area contributed by atoms with E-state index >= 15 is 0 Å². The van der Waals surface area contributed by atoms with E-state index in [1.54, 1.807) is 12.1 Å². The van der Waals surface area contributed by atoms with Crippen molar-refractivity contribution in [2.75, 3.05) is 32.7 Å². The quantitative estimate of drug-likeness (QED) is 0.740. The van der Waals surface area contributed by atoms with Gasteiger partial charge in [0.15, 0.2) is 6.54 Å². The minimum atomic E-state index is -3.48. The zero-order chi connectivity index (χ0) is 20.1. The Morgan fingerprint density at radius 2 is 1.71 bits per heavy atom. The summed E-state index contributed by atoms with van der Waals surface area (Å²) in [7, 11) is -3.48. The molecule has 2 aromatic rings. The van der Waals surface area contributed by atoms with Crippen LogP contribution in [0.4, 0.5) is 0 Å². The average Bonchev–Trinajstić information content (AvgIpc) is 2.69. The standard InChI is InChI=1S/C21H27N3O3S/c1-17-8-9-20(14-18(17)2)28(26,27)24-12-10-23(11-13-24)16-21(25)22-15-19-6-4-3-5-7-19/h3-9,14H,10-13,15-16H2,1-2H3,(H,22,25)/p+1. The van der Waals surface area contributed by atoms with Crippen LogP contribution in [-0.4, -0.2) is 51.4 Å². The van der Waals surface area contributed by atoms with Crippen LogP contribution in [0.3, 0.4) is 0 Å². The second-order valence-corrected chi connectivity index (χ2v) is 9.28. The maximum Gasteiger partial charge on any atom is 0.275 e. The van der Waals surface area contributed by atoms with Crippen molar-refractivity contribution in [2.24, 2.45) is 0 Å². The number of benzene rings is 2. The number of amides is 1. The van der Waals surface area contributed by atoms with Crippen LogP contribution in [-0.2, 0) is 21.4 Å². The minimum absolute atomic E-state index is 0.00989. The summed E-state index contributed by atoms with van der Waals surface area (Å²) in [5, 5.41) is 2.93. The van der Waals surface area contributed by atoms with Crippen molar-refractivity contribution in [3.63, 3.8) is 0 Å². The van der Waals surface area contributed by atoms with Crippen LogP contribution in [0.5, 0.6) is 0 Å². The lowest BCUT2D eigenvalue weighted by Crippen LogP contribution is -3.15. The van der Waals surface area contributed by atoms with Crippen LogP contribution in [0.25, 0.3) is 0 Å². The van der Waals surface area contributed by atoms with Gasteiger partial charge in [0.1, 0.15) is 0 Å². The number of nitrogens with zero attached hydrogens (tertiary/aromatic N) is 1. The molecule has 2 aromatic carbocycles. The molecule has 2 N–H and O–H groups in total. The van der Waals surface area contributed by atoms with Crippen molar-refractivity contribution in [2.45, 2.75) is 25.3 Å². The minimum Gasteiger partial charge on any atom is -0.347 e. The Morgan fingerprint density at radius 3 is 2.36 bits per heavy atom. The highest BCUT2D eigenvalue weighted by molar-refractivity contribution is 7.89. The summed E-state index contributed by atoms with van der Waals surface area (Å²) in [4.78, 5) is 13.6. The zero-order valence-electron chi connectivity index (χ0n) is 16.4. The van der Waals surface area contributed by atoms with Crippen LogP contribution in [0, 0.1) is 13.8 Å². The van der Waals surface area contributed by atoms with E-state index in [1.165, 1.54) is 4.31 Å². The van der Waals surface area contributed by atoms with Gasteiger partial charge < -0.3 is 10.2 Å². The van der Waals surface area contributed by atoms with Gasteiger partial charge in [-0.2, -0.15) is 4.31 Å². The summed E-state index contributed by atoms with van der Waals surface area (Å²) in [5.41, 5.74) is 3.12. The van der Waals surface area contributed by atoms with Gasteiger partial charge in [0.05, 0.1) is 31.1 Å². The van der Waals surface area contributed by atoms with Gasteiger partial charge in [-0.05, 0) is 42.7 Å². The molecule has 1 heterocycles. The van der Waals surface area contributed by atoms with E-state index in [4.69, 9.17) is 0 Å². The lowest BCUT2D eigenvalue weighted by atomic mass is 10.1. The smallest absolute Gasteiger partial charge is 0.275 e. The van der Waals surface area contributed by atoms with Crippen molar-refractivity contribution in [1.82, 2.24) is 9.62 Å². The molecule has 0 saturated carbocycles. The Balaban J connectivity index is 1.51. The molecule has 0 bridgehead atoms. The third-order valence-electron chi connectivity index (χ3n) is 5.29. The first-order chi connectivity index (χ1) is 13.4. The predicted molar refractivity (Wildman–Crippen MR) is 109 cm³/mol. The van der Waals surface area contributed by atoms with Crippen LogP contribution in [0.15, 0.2) is 53.4 Å². The normalized spacial score (nSPS) is 16.1. The van der Waals surface area contributed by atoms with Crippen LogP contribution in [0.2, 0.25) is 0 Å². The molecule has 3 rings (SSSR count). The van der Waals surface area contributed by atoms with Crippen molar-refractivity contribution in [3.8, 4) is 0 Å². The fraction of sp³-hybridized carbons (Fsp3) is 0.381. The van der Waals surface area contributed by atoms with Crippen molar-refractivity contribution < 1.29 is 18.1 Å². The first-order valence-corrected chi connectivity index (χ1v) is 11.0. The Hall–Kier alpha value is -2.22. The fourth-order valence-corrected chi connectivity index (χ4v) is 4.86. The van der Waals surface area contributed by atoms with Crippen molar-refractivity contribution in [1.29, 1.82) is 0 Å². The summed E-state index contributed by atoms with van der Waals surface area (Å²) in [6.07, 6.45) is 0. The highest BCUT2D eigenvalue weighted by Crippen LogP contribution is 2.19. The number of quaternary nitrogens is 1. The van der Waals surface area contributed by atoms with Gasteiger partial charge in [0.2, 0.25) is 10.0 Å². The molecule has 0 unspecified atom stereocenters. The lowest BCUT2D eigenvalue weighted by molar-refractivity contribution is -0.895. The first-order valence-electron chi connectivity index (χ1n) is 9.58. The molecular weight excluding hydrogens is 374 g/mol. The number of rotatable bonds is 6. The third-order valence-corrected chi connectivity index (χ3v) is 7.18. The molecule has 0 aromatic heterocycles. The van der Waals surface area contributed by atoms with E-state index in [9.17, 15) is 13.2 Å². The third kappa shape index (κ3) is 4.98. The molecule has 0 atom stereocenters. The molecule has 7 heteroatoms. The topological polar surface area (TPSA) is 70.9 Å². The molecule has 150 valence electrons. The molecule has 6 nitrogen and oxygen atoms in total. The second-order valence-electron chi connectivity index (χ2n) is 7.34. The first kappa shape index (κ1) is 20.5. The Labute approximate surface area is 167 Å². The Bertz CT molecular complexity index is 921. The van der Waals surface area contributed by atoms with Gasteiger partial charge >= 0.3 is 0 Å². The Morgan fingerprint density at radius 1 is 1.04 bits per heavy atom. The maximum atomic E-state index is 12.9. The number of aryl methyl sites for hydroxylation is 2. The van der Waals surface area contributed by atoms with Crippen LogP contribution in [0.1, 0.15) is 16.7 Å². The molecule has 1 aliphatic heterocycles. The molecule has 1 fully saturated rings. The number of hydrogen-bond donors (Lipinski definition) is 2. The average molecular weight is 403 g/mol. The highest BCUT2D eigenvalue weighted by atomic mass is 32.2. The Kier molecular flexibility index (Phi) is 6.49. The van der Waals surface area contributed by atoms with Gasteiger partial charge in [-0.1, -0.05) is 36.4 Å². The van der Waals surface area contributed by atoms with E-state index in [-0.39, 0.29) is 5.91 Å². The maximum absolute atomic E-state index is 12.9. The van der Waals surface area contributed by atoms with Gasteiger partial charge in [-0.3, -0.25) is 4.79 Å². The number of nitrogens with one attached hydrogen (secondary N) is 2. The number of sulfonamides is 1. The fourth-order valence-electron chi connectivity index (χ4n) is 3.33. The van der Waals surface area contributed by atoms with Gasteiger partial charge in [-0.15, -0.1) is 0 Å². The van der Waals surface area contributed by atoms with Crippen LogP contribution < -0.4 is 10.2 Å². The molecule has 0 spiro atoms. The van der Waals surface area contributed by atoms with Crippen molar-refractivity contribution >= 4 is 15.9 Å². The summed E-state index contributed by atoms with van der Waals surface area (Å²) >= 11 is 0. The molecule has 0 radical (unpaired) electrons. The largest absolute Gasteiger partial charge is 0.347 e. The van der Waals surface area contributed by atoms with Gasteiger partial charge in [0.25, 0.3) is 5.91 Å². The molecule has 1 aliphatic rings. The molecule has 0 aliphatic carbocycles. The predicted octanol–water partition coefficient (Wildman–Crippen LogP) is 0.509. The molecule has 28 heavy (non-hydrogen) atoms. The van der Waals surface area contributed by atoms with E-state index in [0.29, 0.717) is 44.2 Å². The number of carbonyl (C=O) groups is 1. The van der Waals surface area contributed by atoms with E-state index in [1.807, 2.05) is 50.2 Å². The monoisotopic (exact) mass is 402 g/mol. The lowest BCUT2D eigenvalue weighted by Gasteiger charge is -2.31. The summed E-state index contributed by atoms with van der Waals surface area (Å²) in [6.45, 7) is 6.88.